The van der Waals surface area contributed by atoms with E-state index in [1.807, 2.05) is 11.3 Å². The molecule has 4 fully saturated rings. The fraction of sp³-hybridized carbons (Fsp3) is 0.229. The molecule has 1 aromatic heterocycles. The molecule has 9 aromatic carbocycles. The molecule has 15 rings (SSSR count). The van der Waals surface area contributed by atoms with Crippen LogP contribution < -0.4 is 37.1 Å². The zero-order valence-electron chi connectivity index (χ0n) is 43.1. The van der Waals surface area contributed by atoms with Gasteiger partial charge in [-0.3, -0.25) is 0 Å². The van der Waals surface area contributed by atoms with Gasteiger partial charge in [0.25, 0.3) is 0 Å². The summed E-state index contributed by atoms with van der Waals surface area (Å²) in [6.45, 7) is 13.9. The van der Waals surface area contributed by atoms with Crippen LogP contribution in [0.3, 0.4) is 0 Å². The lowest BCUT2D eigenvalue weighted by atomic mass is 9.34. The molecule has 354 valence electrons. The van der Waals surface area contributed by atoms with Crippen molar-refractivity contribution < 1.29 is 0 Å². The zero-order valence-corrected chi connectivity index (χ0v) is 44.9. The van der Waals surface area contributed by atoms with Crippen LogP contribution in [0.2, 0.25) is 0 Å². The highest BCUT2D eigenvalue weighted by Crippen LogP contribution is 2.89. The van der Waals surface area contributed by atoms with E-state index in [0.29, 0.717) is 5.41 Å². The first-order valence-corrected chi connectivity index (χ1v) is 29.9. The average molecular weight is 973 g/mol. The molecule has 4 aliphatic carbocycles. The minimum Gasteiger partial charge on any atom is -0.135 e. The van der Waals surface area contributed by atoms with Crippen LogP contribution in [0, 0.1) is 58.8 Å². The number of thiophene rings is 1. The van der Waals surface area contributed by atoms with Crippen molar-refractivity contribution in [3.63, 3.8) is 0 Å². The Bertz CT molecular complexity index is 3790. The van der Waals surface area contributed by atoms with Crippen molar-refractivity contribution in [2.45, 2.75) is 84.5 Å². The van der Waals surface area contributed by atoms with Gasteiger partial charge in [0, 0.05) is 20.2 Å². The molecule has 0 N–H and O–H groups in total. The summed E-state index contributed by atoms with van der Waals surface area (Å²) < 4.78 is 2.72. The van der Waals surface area contributed by atoms with Crippen molar-refractivity contribution >= 4 is 83.4 Å². The lowest BCUT2D eigenvalue weighted by Gasteiger charge is -2.49. The number of fused-ring (bicyclic) bond motifs is 7. The van der Waals surface area contributed by atoms with Gasteiger partial charge in [-0.05, 0) is 174 Å². The van der Waals surface area contributed by atoms with Crippen LogP contribution in [-0.2, 0) is 10.8 Å². The van der Waals surface area contributed by atoms with Crippen molar-refractivity contribution in [2.24, 2.45) is 17.3 Å². The molecule has 2 bridgehead atoms. The van der Waals surface area contributed by atoms with E-state index in [1.54, 1.807) is 11.1 Å². The van der Waals surface area contributed by atoms with Crippen molar-refractivity contribution in [3.8, 4) is 22.3 Å². The zero-order chi connectivity index (χ0) is 49.2. The maximum absolute atomic E-state index is 2.61. The van der Waals surface area contributed by atoms with Gasteiger partial charge in [-0.1, -0.05) is 220 Å². The Morgan fingerprint density at radius 2 is 1.00 bits per heavy atom. The molecule has 1 spiro atoms. The highest BCUT2D eigenvalue weighted by Gasteiger charge is 2.84. The second-order valence-electron chi connectivity index (χ2n) is 23.8. The molecule has 1 aliphatic heterocycles. The second kappa shape index (κ2) is 15.5. The Morgan fingerprint density at radius 3 is 1.63 bits per heavy atom. The van der Waals surface area contributed by atoms with E-state index in [9.17, 15) is 0 Å². The normalized spacial score (nSPS) is 23.5. The van der Waals surface area contributed by atoms with Crippen LogP contribution in [0.25, 0.3) is 42.4 Å². The molecule has 5 aliphatic rings. The Morgan fingerprint density at radius 1 is 0.466 bits per heavy atom. The summed E-state index contributed by atoms with van der Waals surface area (Å²) in [5.41, 5.74) is 22.1. The van der Waals surface area contributed by atoms with Crippen molar-refractivity contribution in [1.82, 2.24) is 0 Å². The van der Waals surface area contributed by atoms with E-state index >= 15 is 0 Å². The molecule has 10 aromatic rings. The second-order valence-corrected chi connectivity index (χ2v) is 28.7. The van der Waals surface area contributed by atoms with Crippen LogP contribution in [0.15, 0.2) is 188 Å². The SMILES string of the molecule is Cc1cc(C)c(B(c2ccc3sc4ccc(-c5ccc(C67CC8(c9ccc([Si]%10(c%11ccccc%11)c%11ccccc%11-c%11ccccc%11%10)cc9)CC9CC6(C7)C9C8)cc5)cc4c3c2)c2c(C)cc(C)cc2C)c(C)c1. The molecule has 0 nitrogen and oxygen atoms in total. The van der Waals surface area contributed by atoms with E-state index in [4.69, 9.17) is 0 Å². The van der Waals surface area contributed by atoms with Crippen molar-refractivity contribution in [2.75, 3.05) is 0 Å². The van der Waals surface area contributed by atoms with Gasteiger partial charge in [0.15, 0.2) is 8.07 Å². The average Bonchev–Trinajstić information content (AvgIpc) is 3.80. The molecule has 2 heterocycles. The third-order valence-electron chi connectivity index (χ3n) is 20.0. The van der Waals surface area contributed by atoms with Crippen molar-refractivity contribution in [3.05, 3.63) is 233 Å². The Kier molecular flexibility index (Phi) is 9.35. The highest BCUT2D eigenvalue weighted by atomic mass is 32.1. The standard InChI is InChI=1S/C70H61BSSi/c1-43-32-45(3)66(46(4)33-43)71(67-47(5)34-44(2)35-48(67)6)54-27-31-63-60(37-54)59-36-50(22-30-62(59)72-63)49-20-23-53(24-21-49)70-41-68(38-51-39-69(70,42-70)61(51)40-68)52-25-28-56(29-26-52)73(55-14-8-7-9-15-55)64-18-12-10-16-57(64)58-17-11-13-19-65(58)73/h7-37,51,61H,38-42H2,1-6H3. The monoisotopic (exact) mass is 972 g/mol. The molecular weight excluding hydrogens is 912 g/mol. The first-order chi connectivity index (χ1) is 35.5. The van der Waals surface area contributed by atoms with E-state index in [0.717, 1.165) is 11.8 Å². The number of hydrogen-bond donors (Lipinski definition) is 0. The van der Waals surface area contributed by atoms with E-state index < -0.39 is 8.07 Å². The third-order valence-corrected chi connectivity index (χ3v) is 26.0. The van der Waals surface area contributed by atoms with Gasteiger partial charge >= 0.3 is 0 Å². The number of rotatable bonds is 8. The van der Waals surface area contributed by atoms with Crippen LogP contribution in [0.4, 0.5) is 0 Å². The number of aryl methyl sites for hydroxylation is 6. The predicted molar refractivity (Wildman–Crippen MR) is 316 cm³/mol. The summed E-state index contributed by atoms with van der Waals surface area (Å²) in [5.74, 6) is 1.73. The topological polar surface area (TPSA) is 0 Å². The molecule has 5 atom stereocenters. The third kappa shape index (κ3) is 6.01. The van der Waals surface area contributed by atoms with Gasteiger partial charge in [-0.2, -0.15) is 0 Å². The van der Waals surface area contributed by atoms with Gasteiger partial charge < -0.3 is 0 Å². The molecule has 5 unspecified atom stereocenters. The van der Waals surface area contributed by atoms with Gasteiger partial charge in [-0.15, -0.1) is 11.3 Å². The Labute approximate surface area is 437 Å². The summed E-state index contributed by atoms with van der Waals surface area (Å²) in [7, 11) is -2.50. The maximum atomic E-state index is 2.61. The summed E-state index contributed by atoms with van der Waals surface area (Å²) >= 11 is 1.93. The van der Waals surface area contributed by atoms with Crippen LogP contribution in [-0.4, -0.2) is 14.8 Å². The molecule has 73 heavy (non-hydrogen) atoms. The van der Waals surface area contributed by atoms with Gasteiger partial charge in [0.1, 0.15) is 0 Å². The lowest BCUT2D eigenvalue weighted by Crippen LogP contribution is -2.72. The minimum absolute atomic E-state index is 0.155. The van der Waals surface area contributed by atoms with E-state index in [2.05, 4.69) is 230 Å². The number of benzene rings is 9. The van der Waals surface area contributed by atoms with Crippen LogP contribution in [0.1, 0.15) is 76.6 Å². The molecular formula is C70H61BSSi. The minimum atomic E-state index is -2.50. The quantitative estimate of drug-likeness (QED) is 0.133. The van der Waals surface area contributed by atoms with Gasteiger partial charge in [0.05, 0.1) is 0 Å². The number of hydrogen-bond acceptors (Lipinski definition) is 1. The molecule has 4 saturated carbocycles. The first-order valence-electron chi connectivity index (χ1n) is 27.1. The van der Waals surface area contributed by atoms with E-state index in [1.165, 1.54) is 145 Å². The first kappa shape index (κ1) is 44.0. The summed E-state index contributed by atoms with van der Waals surface area (Å²) in [6, 6.07) is 74.6. The fourth-order valence-corrected chi connectivity index (χ4v) is 23.6. The molecule has 0 saturated heterocycles. The Balaban J connectivity index is 0.769. The van der Waals surface area contributed by atoms with Crippen LogP contribution in [0.5, 0.6) is 0 Å². The van der Waals surface area contributed by atoms with Crippen LogP contribution >= 0.6 is 11.3 Å². The lowest BCUT2D eigenvalue weighted by molar-refractivity contribution is 0.0415. The van der Waals surface area contributed by atoms with Gasteiger partial charge in [-0.25, -0.2) is 0 Å². The fourth-order valence-electron chi connectivity index (χ4n) is 17.4. The predicted octanol–water partition coefficient (Wildman–Crippen LogP) is 12.8. The largest absolute Gasteiger partial charge is 0.242 e. The van der Waals surface area contributed by atoms with Gasteiger partial charge in [0.2, 0.25) is 6.71 Å². The van der Waals surface area contributed by atoms with E-state index in [-0.39, 0.29) is 17.5 Å². The molecule has 0 amide bonds. The molecule has 3 heteroatoms. The van der Waals surface area contributed by atoms with Crippen molar-refractivity contribution in [1.29, 1.82) is 0 Å². The maximum Gasteiger partial charge on any atom is 0.242 e. The summed E-state index contributed by atoms with van der Waals surface area (Å²) in [6.07, 6.45) is 6.82. The summed E-state index contributed by atoms with van der Waals surface area (Å²) in [5, 5.41) is 8.79. The summed E-state index contributed by atoms with van der Waals surface area (Å²) in [4.78, 5) is 0. The molecule has 0 radical (unpaired) electrons. The smallest absolute Gasteiger partial charge is 0.135 e. The Hall–Kier alpha value is -6.52. The highest BCUT2D eigenvalue weighted by molar-refractivity contribution is 7.26.